The fourth-order valence-corrected chi connectivity index (χ4v) is 4.72. The van der Waals surface area contributed by atoms with E-state index in [1.165, 1.54) is 18.1 Å². The highest BCUT2D eigenvalue weighted by atomic mass is 79.9. The highest BCUT2D eigenvalue weighted by Crippen LogP contribution is 2.43. The largest absolute Gasteiger partial charge is 0.504 e. The molecule has 0 fully saturated rings. The van der Waals surface area contributed by atoms with Crippen molar-refractivity contribution >= 4 is 44.5 Å². The molecular weight excluding hydrogens is 530 g/mol. The molecule has 0 saturated heterocycles. The highest BCUT2D eigenvalue weighted by molar-refractivity contribution is 9.10. The van der Waals surface area contributed by atoms with Crippen LogP contribution in [0, 0.1) is 0 Å². The van der Waals surface area contributed by atoms with Gasteiger partial charge in [-0.05, 0) is 67.1 Å². The van der Waals surface area contributed by atoms with Gasteiger partial charge >= 0.3 is 5.97 Å². The van der Waals surface area contributed by atoms with E-state index in [1.807, 2.05) is 0 Å². The summed E-state index contributed by atoms with van der Waals surface area (Å²) in [5, 5.41) is 10.5. The van der Waals surface area contributed by atoms with Gasteiger partial charge in [-0.25, -0.2) is 4.79 Å². The molecule has 4 aromatic rings. The van der Waals surface area contributed by atoms with Gasteiger partial charge in [0.15, 0.2) is 16.9 Å². The molecule has 5 rings (SSSR count). The van der Waals surface area contributed by atoms with Gasteiger partial charge in [0.1, 0.15) is 5.58 Å². The number of hydrogen-bond donors (Lipinski definition) is 1. The predicted molar refractivity (Wildman–Crippen MR) is 136 cm³/mol. The second kappa shape index (κ2) is 9.16. The van der Waals surface area contributed by atoms with Crippen molar-refractivity contribution in [2.45, 2.75) is 13.0 Å². The molecule has 36 heavy (non-hydrogen) atoms. The molecule has 2 heterocycles. The molecule has 9 heteroatoms. The standard InChI is InChI=1S/C27H20BrNO7/c1-3-35-27(33)14-4-8-17(9-5-14)29-23(15-6-10-19(30)21(12-15)34-2)22-24(31)18-13-16(28)7-11-20(18)36-25(22)26(29)32/h4-13,23,30H,3H2,1-2H3. The van der Waals surface area contributed by atoms with Crippen LogP contribution in [0.1, 0.15) is 45.0 Å². The number of carbonyl (C=O) groups is 2. The summed E-state index contributed by atoms with van der Waals surface area (Å²) < 4.78 is 17.0. The fourth-order valence-electron chi connectivity index (χ4n) is 4.36. The van der Waals surface area contributed by atoms with Crippen LogP contribution in [0.15, 0.2) is 74.3 Å². The zero-order chi connectivity index (χ0) is 25.6. The molecule has 0 radical (unpaired) electrons. The van der Waals surface area contributed by atoms with E-state index in [0.29, 0.717) is 26.7 Å². The molecule has 1 aliphatic rings. The van der Waals surface area contributed by atoms with Gasteiger partial charge in [-0.3, -0.25) is 14.5 Å². The second-order valence-electron chi connectivity index (χ2n) is 8.09. The van der Waals surface area contributed by atoms with Gasteiger partial charge in [0.05, 0.1) is 36.3 Å². The van der Waals surface area contributed by atoms with Crippen LogP contribution in [0.5, 0.6) is 11.5 Å². The molecule has 1 aromatic heterocycles. The van der Waals surface area contributed by atoms with Crippen LogP contribution in [0.25, 0.3) is 11.0 Å². The molecule has 1 aliphatic heterocycles. The topological polar surface area (TPSA) is 106 Å². The molecule has 0 spiro atoms. The third-order valence-corrected chi connectivity index (χ3v) is 6.50. The lowest BCUT2D eigenvalue weighted by molar-refractivity contribution is 0.0526. The fraction of sp³-hybridized carbons (Fsp3) is 0.148. The quantitative estimate of drug-likeness (QED) is 0.341. The number of phenols is 1. The van der Waals surface area contributed by atoms with Gasteiger partial charge in [0.25, 0.3) is 5.91 Å². The summed E-state index contributed by atoms with van der Waals surface area (Å²) in [4.78, 5) is 41.0. The number of nitrogens with zero attached hydrogens (tertiary/aromatic N) is 1. The average Bonchev–Trinajstić information content (AvgIpc) is 3.17. The maximum Gasteiger partial charge on any atom is 0.338 e. The van der Waals surface area contributed by atoms with Crippen LogP contribution in [-0.2, 0) is 4.74 Å². The molecule has 8 nitrogen and oxygen atoms in total. The van der Waals surface area contributed by atoms with Crippen LogP contribution in [-0.4, -0.2) is 30.7 Å². The number of halogens is 1. The third-order valence-electron chi connectivity index (χ3n) is 6.01. The van der Waals surface area contributed by atoms with Crippen molar-refractivity contribution < 1.29 is 28.6 Å². The van der Waals surface area contributed by atoms with Crippen molar-refractivity contribution in [3.8, 4) is 11.5 Å². The minimum absolute atomic E-state index is 0.0682. The molecule has 1 unspecified atom stereocenters. The molecular formula is C27H20BrNO7. The van der Waals surface area contributed by atoms with E-state index in [4.69, 9.17) is 13.9 Å². The van der Waals surface area contributed by atoms with Crippen molar-refractivity contribution in [1.82, 2.24) is 0 Å². The Kier molecular flexibility index (Phi) is 6.01. The lowest BCUT2D eigenvalue weighted by atomic mass is 9.97. The predicted octanol–water partition coefficient (Wildman–Crippen LogP) is 5.20. The van der Waals surface area contributed by atoms with Gasteiger partial charge in [-0.1, -0.05) is 22.0 Å². The third kappa shape index (κ3) is 3.81. The summed E-state index contributed by atoms with van der Waals surface area (Å²) in [5.74, 6) is -0.938. The number of amides is 1. The van der Waals surface area contributed by atoms with E-state index in [0.717, 1.165) is 0 Å². The monoisotopic (exact) mass is 549 g/mol. The zero-order valence-electron chi connectivity index (χ0n) is 19.3. The molecule has 0 aliphatic carbocycles. The lowest BCUT2D eigenvalue weighted by Crippen LogP contribution is -2.29. The molecule has 0 saturated carbocycles. The number of anilines is 1. The minimum Gasteiger partial charge on any atom is -0.504 e. The normalized spacial score (nSPS) is 14.7. The molecule has 0 bridgehead atoms. The smallest absolute Gasteiger partial charge is 0.338 e. The van der Waals surface area contributed by atoms with E-state index in [1.54, 1.807) is 61.5 Å². The summed E-state index contributed by atoms with van der Waals surface area (Å²) in [6.45, 7) is 1.96. The van der Waals surface area contributed by atoms with E-state index in [2.05, 4.69) is 15.9 Å². The average molecular weight is 550 g/mol. The molecule has 1 amide bonds. The van der Waals surface area contributed by atoms with Gasteiger partial charge < -0.3 is 19.0 Å². The van der Waals surface area contributed by atoms with Gasteiger partial charge in [0.2, 0.25) is 5.76 Å². The van der Waals surface area contributed by atoms with Gasteiger partial charge in [-0.15, -0.1) is 0 Å². The van der Waals surface area contributed by atoms with Crippen LogP contribution >= 0.6 is 15.9 Å². The molecule has 1 atom stereocenters. The molecule has 3 aromatic carbocycles. The Labute approximate surface area is 213 Å². The first-order chi connectivity index (χ1) is 17.3. The van der Waals surface area contributed by atoms with Crippen molar-refractivity contribution in [2.75, 3.05) is 18.6 Å². The Balaban J connectivity index is 1.73. The summed E-state index contributed by atoms with van der Waals surface area (Å²) in [5.41, 5.74) is 1.43. The van der Waals surface area contributed by atoms with Crippen LogP contribution in [0.3, 0.4) is 0 Å². The first-order valence-electron chi connectivity index (χ1n) is 11.1. The minimum atomic E-state index is -0.866. The van der Waals surface area contributed by atoms with Crippen molar-refractivity contribution in [3.63, 3.8) is 0 Å². The zero-order valence-corrected chi connectivity index (χ0v) is 20.9. The maximum atomic E-state index is 13.7. The SMILES string of the molecule is CCOC(=O)c1ccc(N2C(=O)c3oc4ccc(Br)cc4c(=O)c3C2c2ccc(O)c(OC)c2)cc1. The number of aromatic hydroxyl groups is 1. The summed E-state index contributed by atoms with van der Waals surface area (Å²) in [7, 11) is 1.41. The van der Waals surface area contributed by atoms with Crippen LogP contribution in [0.4, 0.5) is 5.69 Å². The van der Waals surface area contributed by atoms with Crippen molar-refractivity contribution in [3.05, 3.63) is 97.8 Å². The number of phenolic OH excluding ortho intramolecular Hbond substituents is 1. The van der Waals surface area contributed by atoms with Gasteiger partial charge in [-0.2, -0.15) is 0 Å². The van der Waals surface area contributed by atoms with Crippen LogP contribution < -0.4 is 15.1 Å². The highest BCUT2D eigenvalue weighted by Gasteiger charge is 2.44. The second-order valence-corrected chi connectivity index (χ2v) is 9.01. The van der Waals surface area contributed by atoms with E-state index in [9.17, 15) is 19.5 Å². The Hall–Kier alpha value is -4.11. The number of hydrogen-bond acceptors (Lipinski definition) is 7. The number of methoxy groups -OCH3 is 1. The van der Waals surface area contributed by atoms with Crippen LogP contribution in [0.2, 0.25) is 0 Å². The van der Waals surface area contributed by atoms with E-state index >= 15 is 0 Å². The lowest BCUT2D eigenvalue weighted by Gasteiger charge is -2.25. The number of benzene rings is 3. The maximum absolute atomic E-state index is 13.7. The Morgan fingerprint density at radius 1 is 1.08 bits per heavy atom. The summed E-state index contributed by atoms with van der Waals surface area (Å²) in [6.07, 6.45) is 0. The van der Waals surface area contributed by atoms with Gasteiger partial charge in [0, 0.05) is 10.2 Å². The number of ether oxygens (including phenoxy) is 2. The first-order valence-corrected chi connectivity index (χ1v) is 11.9. The Morgan fingerprint density at radius 3 is 2.53 bits per heavy atom. The van der Waals surface area contributed by atoms with Crippen molar-refractivity contribution in [2.24, 2.45) is 0 Å². The first kappa shape index (κ1) is 23.6. The molecule has 1 N–H and O–H groups in total. The summed E-state index contributed by atoms with van der Waals surface area (Å²) >= 11 is 3.38. The Morgan fingerprint density at radius 2 is 1.83 bits per heavy atom. The number of carbonyl (C=O) groups excluding carboxylic acids is 2. The van der Waals surface area contributed by atoms with Crippen molar-refractivity contribution in [1.29, 1.82) is 0 Å². The Bertz CT molecular complexity index is 1580. The van der Waals surface area contributed by atoms with E-state index in [-0.39, 0.29) is 40.4 Å². The number of esters is 1. The molecule has 182 valence electrons. The summed E-state index contributed by atoms with van der Waals surface area (Å²) in [6, 6.07) is 15.1. The number of fused-ring (bicyclic) bond motifs is 2. The van der Waals surface area contributed by atoms with E-state index < -0.39 is 17.9 Å². The number of rotatable bonds is 5.